The van der Waals surface area contributed by atoms with Crippen molar-refractivity contribution < 1.29 is 52.2 Å². The first kappa shape index (κ1) is 31.8. The van der Waals surface area contributed by atoms with Crippen LogP contribution in [0.25, 0.3) is 0 Å². The predicted molar refractivity (Wildman–Crippen MR) is 137 cm³/mol. The summed E-state index contributed by atoms with van der Waals surface area (Å²) < 4.78 is 51.3. The highest BCUT2D eigenvalue weighted by Gasteiger charge is 2.47. The molecule has 0 bridgehead atoms. The topological polar surface area (TPSA) is 207 Å². The number of hydrogen-bond donors (Lipinski definition) is 6. The van der Waals surface area contributed by atoms with Gasteiger partial charge in [-0.05, 0) is 6.07 Å². The van der Waals surface area contributed by atoms with E-state index in [1.807, 2.05) is 0 Å². The number of aromatic hydroxyl groups is 1. The monoisotopic (exact) mass is 607 g/mol. The number of carbonyl (C=O) groups excluding carboxylic acids is 2. The molecular weight excluding hydrogens is 578 g/mol. The number of nitrogens with zero attached hydrogens (tertiary/aromatic N) is 2. The molecule has 1 aliphatic heterocycles. The number of aromatic nitrogens is 1. The maximum Gasteiger partial charge on any atom is 0.326 e. The first-order chi connectivity index (χ1) is 18.3. The van der Waals surface area contributed by atoms with Gasteiger partial charge in [0, 0.05) is 55.5 Å². The van der Waals surface area contributed by atoms with Gasteiger partial charge in [-0.2, -0.15) is 0 Å². The van der Waals surface area contributed by atoms with E-state index in [1.54, 1.807) is 0 Å². The van der Waals surface area contributed by atoms with Crippen molar-refractivity contribution in [1.82, 2.24) is 14.8 Å². The Balaban J connectivity index is 1.98. The lowest BCUT2D eigenvalue weighted by Crippen LogP contribution is -2.56. The van der Waals surface area contributed by atoms with E-state index in [9.17, 15) is 57.0 Å². The molecule has 6 N–H and O–H groups in total. The largest absolute Gasteiger partial charge is 0.503 e. The van der Waals surface area contributed by atoms with Gasteiger partial charge in [0.05, 0.1) is 12.3 Å². The summed E-state index contributed by atoms with van der Waals surface area (Å²) in [6.07, 6.45) is -0.354. The number of hydrogen-bond acceptors (Lipinski definition) is 7. The molecule has 17 heteroatoms. The second kappa shape index (κ2) is 11.6. The van der Waals surface area contributed by atoms with E-state index in [0.717, 1.165) is 22.9 Å². The van der Waals surface area contributed by atoms with Crippen LogP contribution in [0.15, 0.2) is 29.2 Å². The van der Waals surface area contributed by atoms with Crippen molar-refractivity contribution in [2.75, 3.05) is 25.4 Å². The van der Waals surface area contributed by atoms with Crippen LogP contribution < -0.4 is 10.7 Å². The van der Waals surface area contributed by atoms with E-state index in [0.29, 0.717) is 6.07 Å². The fourth-order valence-electron chi connectivity index (χ4n) is 4.51. The SMILES string of the molecule is CC1(C)C(=O)c2c(O)c(=O)c(C(=O)NCc3ccc(F)cc3F)cn2CC1N(CCP(=O)(O)O)CCP(=O)(O)O. The molecule has 1 aromatic carbocycles. The number of ketones is 1. The minimum Gasteiger partial charge on any atom is -0.503 e. The molecule has 0 radical (unpaired) electrons. The number of fused-ring (bicyclic) bond motifs is 1. The molecule has 2 heterocycles. The fraction of sp³-hybridized carbons (Fsp3) is 0.435. The van der Waals surface area contributed by atoms with Crippen LogP contribution in [0, 0.1) is 17.0 Å². The quantitative estimate of drug-likeness (QED) is 0.210. The van der Waals surface area contributed by atoms with E-state index >= 15 is 0 Å². The highest BCUT2D eigenvalue weighted by Crippen LogP contribution is 2.41. The Hall–Kier alpha value is -2.77. The third kappa shape index (κ3) is 7.29. The smallest absolute Gasteiger partial charge is 0.326 e. The van der Waals surface area contributed by atoms with E-state index in [4.69, 9.17) is 0 Å². The Morgan fingerprint density at radius 2 is 1.68 bits per heavy atom. The molecule has 1 amide bonds. The summed E-state index contributed by atoms with van der Waals surface area (Å²) in [5, 5.41) is 12.9. The number of carbonyl (C=O) groups is 2. The zero-order valence-electron chi connectivity index (χ0n) is 21.5. The van der Waals surface area contributed by atoms with Crippen LogP contribution in [-0.2, 0) is 22.2 Å². The van der Waals surface area contributed by atoms with Gasteiger partial charge in [0.15, 0.2) is 11.5 Å². The summed E-state index contributed by atoms with van der Waals surface area (Å²) in [6.45, 7) is 1.57. The number of pyridine rings is 1. The van der Waals surface area contributed by atoms with Crippen LogP contribution in [0.4, 0.5) is 8.78 Å². The van der Waals surface area contributed by atoms with Crippen LogP contribution >= 0.6 is 15.2 Å². The number of Topliss-reactive ketones (excluding diaryl/α,β-unsaturated/α-hetero) is 1. The van der Waals surface area contributed by atoms with E-state index in [2.05, 4.69) is 5.32 Å². The predicted octanol–water partition coefficient (Wildman–Crippen LogP) is 1.01. The van der Waals surface area contributed by atoms with Crippen molar-refractivity contribution in [1.29, 1.82) is 0 Å². The third-order valence-corrected chi connectivity index (χ3v) is 8.32. The minimum absolute atomic E-state index is 0.0835. The first-order valence-electron chi connectivity index (χ1n) is 11.9. The molecule has 0 fully saturated rings. The van der Waals surface area contributed by atoms with Gasteiger partial charge in [-0.1, -0.05) is 19.9 Å². The maximum atomic E-state index is 13.9. The van der Waals surface area contributed by atoms with Gasteiger partial charge >= 0.3 is 15.2 Å². The summed E-state index contributed by atoms with van der Waals surface area (Å²) in [5.41, 5.74) is -3.69. The van der Waals surface area contributed by atoms with E-state index < -0.39 is 91.3 Å². The average molecular weight is 607 g/mol. The molecule has 0 saturated heterocycles. The summed E-state index contributed by atoms with van der Waals surface area (Å²) in [4.78, 5) is 77.9. The van der Waals surface area contributed by atoms with Gasteiger partial charge in [0.2, 0.25) is 5.43 Å². The molecular formula is C23H29F2N3O10P2. The number of rotatable bonds is 10. The van der Waals surface area contributed by atoms with Gasteiger partial charge in [-0.25, -0.2) is 8.78 Å². The molecule has 2 aromatic rings. The zero-order chi connectivity index (χ0) is 30.2. The highest BCUT2D eigenvalue weighted by molar-refractivity contribution is 7.52. The highest BCUT2D eigenvalue weighted by atomic mass is 31.2. The summed E-state index contributed by atoms with van der Waals surface area (Å²) in [6, 6.07) is 1.75. The van der Waals surface area contributed by atoms with Gasteiger partial charge in [-0.3, -0.25) is 28.4 Å². The first-order valence-corrected chi connectivity index (χ1v) is 15.5. The van der Waals surface area contributed by atoms with Crippen LogP contribution in [0.1, 0.15) is 40.3 Å². The van der Waals surface area contributed by atoms with E-state index in [1.165, 1.54) is 18.7 Å². The maximum absolute atomic E-state index is 13.9. The van der Waals surface area contributed by atoms with Crippen LogP contribution in [0.2, 0.25) is 0 Å². The number of nitrogens with one attached hydrogen (secondary N) is 1. The van der Waals surface area contributed by atoms with Crippen molar-refractivity contribution in [3.63, 3.8) is 0 Å². The lowest BCUT2D eigenvalue weighted by atomic mass is 9.75. The Morgan fingerprint density at radius 1 is 1.10 bits per heavy atom. The van der Waals surface area contributed by atoms with Crippen molar-refractivity contribution in [3.8, 4) is 5.75 Å². The molecule has 1 aliphatic rings. The number of amides is 1. The van der Waals surface area contributed by atoms with Gasteiger partial charge in [0.1, 0.15) is 22.9 Å². The molecule has 1 atom stereocenters. The molecule has 1 unspecified atom stereocenters. The van der Waals surface area contributed by atoms with Crippen molar-refractivity contribution >= 4 is 26.9 Å². The Bertz CT molecular complexity index is 1460. The summed E-state index contributed by atoms with van der Waals surface area (Å²) >= 11 is 0. The Labute approximate surface area is 226 Å². The third-order valence-electron chi connectivity index (χ3n) is 6.76. The molecule has 40 heavy (non-hydrogen) atoms. The molecule has 0 saturated carbocycles. The van der Waals surface area contributed by atoms with Gasteiger partial charge in [0.25, 0.3) is 5.91 Å². The summed E-state index contributed by atoms with van der Waals surface area (Å²) in [7, 11) is -9.08. The van der Waals surface area contributed by atoms with Crippen molar-refractivity contribution in [3.05, 3.63) is 63.1 Å². The molecule has 220 valence electrons. The van der Waals surface area contributed by atoms with Crippen LogP contribution in [0.3, 0.4) is 0 Å². The second-order valence-corrected chi connectivity index (χ2v) is 13.6. The lowest BCUT2D eigenvalue weighted by Gasteiger charge is -2.45. The molecule has 0 aliphatic carbocycles. The fourth-order valence-corrected chi connectivity index (χ4v) is 5.55. The molecule has 13 nitrogen and oxygen atoms in total. The van der Waals surface area contributed by atoms with Crippen molar-refractivity contribution in [2.45, 2.75) is 33.0 Å². The lowest BCUT2D eigenvalue weighted by molar-refractivity contribution is 0.0437. The standard InChI is InChI=1S/C23H29F2N3O10P2/c1-23(2)17(27(5-7-39(33,34)35)6-8-40(36,37)38)12-28-11-15(19(29)20(30)18(28)21(23)31)22(32)26-10-13-3-4-14(24)9-16(13)25/h3-4,9,11,17,30H,5-8,10,12H2,1-2H3,(H,26,32)(H2,33,34,35)(H2,36,37,38). The number of halogens is 2. The van der Waals surface area contributed by atoms with Crippen molar-refractivity contribution in [2.24, 2.45) is 5.41 Å². The summed E-state index contributed by atoms with van der Waals surface area (Å²) in [5.74, 6) is -4.58. The minimum atomic E-state index is -4.54. The molecule has 0 spiro atoms. The molecule has 3 rings (SSSR count). The van der Waals surface area contributed by atoms with Gasteiger partial charge in [-0.15, -0.1) is 0 Å². The second-order valence-electron chi connectivity index (χ2n) is 10.0. The zero-order valence-corrected chi connectivity index (χ0v) is 23.2. The van der Waals surface area contributed by atoms with E-state index in [-0.39, 0.29) is 25.2 Å². The van der Waals surface area contributed by atoms with Gasteiger partial charge < -0.3 is 34.6 Å². The average Bonchev–Trinajstić information content (AvgIpc) is 2.82. The normalized spacial score (nSPS) is 17.1. The number of benzene rings is 1. The van der Waals surface area contributed by atoms with Crippen LogP contribution in [0.5, 0.6) is 5.75 Å². The Morgan fingerprint density at radius 3 is 2.20 bits per heavy atom. The van der Waals surface area contributed by atoms with Crippen LogP contribution in [-0.4, -0.2) is 77.3 Å². The Kier molecular flexibility index (Phi) is 9.22. The molecule has 1 aromatic heterocycles.